The maximum atomic E-state index is 12.0. The van der Waals surface area contributed by atoms with Crippen molar-refractivity contribution in [1.29, 1.82) is 0 Å². The van der Waals surface area contributed by atoms with E-state index in [1.807, 2.05) is 12.3 Å². The molecule has 0 aromatic carbocycles. The van der Waals surface area contributed by atoms with Gasteiger partial charge >= 0.3 is 0 Å². The van der Waals surface area contributed by atoms with Gasteiger partial charge in [0.25, 0.3) is 0 Å². The van der Waals surface area contributed by atoms with E-state index in [0.717, 1.165) is 23.7 Å². The van der Waals surface area contributed by atoms with E-state index in [1.165, 1.54) is 0 Å². The minimum atomic E-state index is -0.245. The molecular weight excluding hydrogens is 250 g/mol. The smallest absolute Gasteiger partial charge is 0.240 e. The Labute approximate surface area is 111 Å². The average Bonchev–Trinajstić information content (AvgIpc) is 2.88. The molecule has 1 amide bonds. The molecule has 1 aromatic heterocycles. The van der Waals surface area contributed by atoms with Crippen LogP contribution >= 0.6 is 11.3 Å². The third-order valence-electron chi connectivity index (χ3n) is 2.91. The van der Waals surface area contributed by atoms with Crippen LogP contribution in [0.2, 0.25) is 0 Å². The van der Waals surface area contributed by atoms with Gasteiger partial charge in [-0.2, -0.15) is 0 Å². The van der Waals surface area contributed by atoms with Crippen LogP contribution in [0.3, 0.4) is 0 Å². The molecule has 1 aliphatic heterocycles. The van der Waals surface area contributed by atoms with E-state index >= 15 is 0 Å². The van der Waals surface area contributed by atoms with Gasteiger partial charge in [0.2, 0.25) is 5.91 Å². The summed E-state index contributed by atoms with van der Waals surface area (Å²) in [5, 5.41) is 9.21. The summed E-state index contributed by atoms with van der Waals surface area (Å²) >= 11 is 1.64. The van der Waals surface area contributed by atoms with Crippen molar-refractivity contribution in [2.24, 2.45) is 0 Å². The van der Waals surface area contributed by atoms with Gasteiger partial charge in [-0.05, 0) is 13.3 Å². The fourth-order valence-corrected chi connectivity index (χ4v) is 2.65. The summed E-state index contributed by atoms with van der Waals surface area (Å²) in [5.41, 5.74) is 0.932. The van der Waals surface area contributed by atoms with Crippen LogP contribution < -0.4 is 10.6 Å². The Morgan fingerprint density at radius 3 is 3.22 bits per heavy atom. The molecule has 1 aromatic rings. The number of aromatic nitrogens is 1. The SMILES string of the molecule is CCc1nc(C(C)NC(=O)C2COCCN2)cs1. The van der Waals surface area contributed by atoms with E-state index in [9.17, 15) is 4.79 Å². The molecule has 18 heavy (non-hydrogen) atoms. The fourth-order valence-electron chi connectivity index (χ4n) is 1.81. The second-order valence-corrected chi connectivity index (χ2v) is 5.27. The van der Waals surface area contributed by atoms with E-state index < -0.39 is 0 Å². The van der Waals surface area contributed by atoms with Crippen LogP contribution in [0.1, 0.15) is 30.6 Å². The Balaban J connectivity index is 1.89. The van der Waals surface area contributed by atoms with Gasteiger partial charge in [-0.25, -0.2) is 4.98 Å². The predicted octanol–water partition coefficient (Wildman–Crippen LogP) is 0.871. The highest BCUT2D eigenvalue weighted by Gasteiger charge is 2.23. The van der Waals surface area contributed by atoms with Crippen LogP contribution in [-0.4, -0.2) is 36.7 Å². The normalized spacial score (nSPS) is 21.6. The number of rotatable bonds is 4. The largest absolute Gasteiger partial charge is 0.378 e. The van der Waals surface area contributed by atoms with Crippen LogP contribution in [0, 0.1) is 0 Å². The molecule has 2 rings (SSSR count). The molecule has 2 atom stereocenters. The molecule has 100 valence electrons. The van der Waals surface area contributed by atoms with Crippen LogP contribution in [0.25, 0.3) is 0 Å². The lowest BCUT2D eigenvalue weighted by atomic mass is 10.2. The van der Waals surface area contributed by atoms with Crippen molar-refractivity contribution >= 4 is 17.2 Å². The molecule has 2 unspecified atom stereocenters. The van der Waals surface area contributed by atoms with E-state index in [1.54, 1.807) is 11.3 Å². The minimum Gasteiger partial charge on any atom is -0.378 e. The molecule has 0 spiro atoms. The van der Waals surface area contributed by atoms with E-state index in [4.69, 9.17) is 4.74 Å². The zero-order valence-corrected chi connectivity index (χ0v) is 11.5. The van der Waals surface area contributed by atoms with Gasteiger partial charge in [0.1, 0.15) is 6.04 Å². The average molecular weight is 269 g/mol. The van der Waals surface area contributed by atoms with Crippen LogP contribution in [0.4, 0.5) is 0 Å². The molecule has 1 aliphatic rings. The summed E-state index contributed by atoms with van der Waals surface area (Å²) in [6.07, 6.45) is 0.934. The fraction of sp³-hybridized carbons (Fsp3) is 0.667. The molecular formula is C12H19N3O2S. The Kier molecular flexibility index (Phi) is 4.68. The standard InChI is InChI=1S/C12H19N3O2S/c1-3-11-15-10(7-18-11)8(2)14-12(16)9-6-17-5-4-13-9/h7-9,13H,3-6H2,1-2H3,(H,14,16). The highest BCUT2D eigenvalue weighted by Crippen LogP contribution is 2.17. The highest BCUT2D eigenvalue weighted by molar-refractivity contribution is 7.09. The van der Waals surface area contributed by atoms with Crippen molar-refractivity contribution in [3.05, 3.63) is 16.1 Å². The number of ether oxygens (including phenoxy) is 1. The third-order valence-corrected chi connectivity index (χ3v) is 3.92. The Hall–Kier alpha value is -0.980. The number of carbonyl (C=O) groups excluding carboxylic acids is 1. The van der Waals surface area contributed by atoms with Gasteiger partial charge in [0, 0.05) is 11.9 Å². The van der Waals surface area contributed by atoms with Crippen molar-refractivity contribution in [3.63, 3.8) is 0 Å². The van der Waals surface area contributed by atoms with E-state index in [-0.39, 0.29) is 18.0 Å². The quantitative estimate of drug-likeness (QED) is 0.851. The summed E-state index contributed by atoms with van der Waals surface area (Å²) in [6, 6.07) is -0.303. The summed E-state index contributed by atoms with van der Waals surface area (Å²) in [7, 11) is 0. The Morgan fingerprint density at radius 2 is 2.61 bits per heavy atom. The van der Waals surface area contributed by atoms with Gasteiger partial charge in [-0.1, -0.05) is 6.92 Å². The first-order valence-corrected chi connectivity index (χ1v) is 7.14. The second-order valence-electron chi connectivity index (χ2n) is 4.33. The van der Waals surface area contributed by atoms with Gasteiger partial charge < -0.3 is 15.4 Å². The van der Waals surface area contributed by atoms with Gasteiger partial charge in [-0.15, -0.1) is 11.3 Å². The maximum absolute atomic E-state index is 12.0. The first-order valence-electron chi connectivity index (χ1n) is 6.26. The summed E-state index contributed by atoms with van der Waals surface area (Å²) in [6.45, 7) is 5.87. The Morgan fingerprint density at radius 1 is 1.78 bits per heavy atom. The first-order chi connectivity index (χ1) is 8.70. The first kappa shape index (κ1) is 13.5. The number of morpholine rings is 1. The second kappa shape index (κ2) is 6.26. The number of aryl methyl sites for hydroxylation is 1. The molecule has 1 saturated heterocycles. The number of thiazole rings is 1. The van der Waals surface area contributed by atoms with Gasteiger partial charge in [-0.3, -0.25) is 4.79 Å². The lowest BCUT2D eigenvalue weighted by Crippen LogP contribution is -2.51. The van der Waals surface area contributed by atoms with Crippen molar-refractivity contribution in [1.82, 2.24) is 15.6 Å². The molecule has 0 aliphatic carbocycles. The molecule has 2 N–H and O–H groups in total. The Bertz CT molecular complexity index is 402. The molecule has 5 nitrogen and oxygen atoms in total. The number of nitrogens with one attached hydrogen (secondary N) is 2. The van der Waals surface area contributed by atoms with Crippen molar-refractivity contribution in [2.45, 2.75) is 32.4 Å². The number of nitrogens with zero attached hydrogens (tertiary/aromatic N) is 1. The van der Waals surface area contributed by atoms with E-state index in [2.05, 4.69) is 22.5 Å². The molecule has 6 heteroatoms. The van der Waals surface area contributed by atoms with Gasteiger partial charge in [0.05, 0.1) is 30.0 Å². The third kappa shape index (κ3) is 3.28. The number of carbonyl (C=O) groups is 1. The zero-order chi connectivity index (χ0) is 13.0. The van der Waals surface area contributed by atoms with Gasteiger partial charge in [0.15, 0.2) is 0 Å². The summed E-state index contributed by atoms with van der Waals surface area (Å²) in [4.78, 5) is 16.5. The van der Waals surface area contributed by atoms with Crippen molar-refractivity contribution in [2.75, 3.05) is 19.8 Å². The minimum absolute atomic E-state index is 0.0201. The number of hydrogen-bond donors (Lipinski definition) is 2. The highest BCUT2D eigenvalue weighted by atomic mass is 32.1. The zero-order valence-electron chi connectivity index (χ0n) is 10.7. The molecule has 0 saturated carbocycles. The maximum Gasteiger partial charge on any atom is 0.240 e. The van der Waals surface area contributed by atoms with Crippen LogP contribution in [0.5, 0.6) is 0 Å². The monoisotopic (exact) mass is 269 g/mol. The number of hydrogen-bond acceptors (Lipinski definition) is 5. The lowest BCUT2D eigenvalue weighted by molar-refractivity contribution is -0.126. The molecule has 2 heterocycles. The predicted molar refractivity (Wildman–Crippen MR) is 70.7 cm³/mol. The van der Waals surface area contributed by atoms with E-state index in [0.29, 0.717) is 13.2 Å². The van der Waals surface area contributed by atoms with Crippen molar-refractivity contribution in [3.8, 4) is 0 Å². The lowest BCUT2D eigenvalue weighted by Gasteiger charge is -2.24. The topological polar surface area (TPSA) is 63.2 Å². The molecule has 0 radical (unpaired) electrons. The van der Waals surface area contributed by atoms with Crippen LogP contribution in [-0.2, 0) is 16.0 Å². The summed E-state index contributed by atoms with van der Waals surface area (Å²) < 4.78 is 5.28. The summed E-state index contributed by atoms with van der Waals surface area (Å²) in [5.74, 6) is -0.0201. The number of amides is 1. The van der Waals surface area contributed by atoms with Crippen LogP contribution in [0.15, 0.2) is 5.38 Å². The van der Waals surface area contributed by atoms with Crippen molar-refractivity contribution < 1.29 is 9.53 Å². The molecule has 1 fully saturated rings. The molecule has 0 bridgehead atoms.